The molecule has 1 aliphatic rings. The second-order valence-electron chi connectivity index (χ2n) is 5.51. The van der Waals surface area contributed by atoms with Crippen LogP contribution in [-0.4, -0.2) is 5.54 Å². The number of hydrogen-bond donors (Lipinski definition) is 1. The highest BCUT2D eigenvalue weighted by atomic mass is 15.0. The van der Waals surface area contributed by atoms with E-state index < -0.39 is 0 Å². The molecule has 96 valence electrons. The van der Waals surface area contributed by atoms with E-state index in [9.17, 15) is 5.26 Å². The Balaban J connectivity index is 2.13. The van der Waals surface area contributed by atoms with Gasteiger partial charge in [-0.3, -0.25) is 5.32 Å². The van der Waals surface area contributed by atoms with E-state index in [4.69, 9.17) is 0 Å². The minimum absolute atomic E-state index is 0.228. The Morgan fingerprint density at radius 2 is 2.06 bits per heavy atom. The molecule has 1 N–H and O–H groups in total. The molecule has 1 fully saturated rings. The van der Waals surface area contributed by atoms with Gasteiger partial charge in [-0.2, -0.15) is 5.26 Å². The van der Waals surface area contributed by atoms with Gasteiger partial charge in [0.1, 0.15) is 5.54 Å². The maximum absolute atomic E-state index is 9.60. The lowest BCUT2D eigenvalue weighted by Gasteiger charge is -2.40. The summed E-state index contributed by atoms with van der Waals surface area (Å²) >= 11 is 0. The molecule has 1 aromatic carbocycles. The van der Waals surface area contributed by atoms with Crippen LogP contribution in [0.15, 0.2) is 30.3 Å². The maximum Gasteiger partial charge on any atom is 0.109 e. The van der Waals surface area contributed by atoms with Crippen molar-refractivity contribution in [3.8, 4) is 6.07 Å². The topological polar surface area (TPSA) is 35.8 Å². The first kappa shape index (κ1) is 13.1. The third kappa shape index (κ3) is 2.57. The molecule has 2 heteroatoms. The molecule has 0 unspecified atom stereocenters. The fourth-order valence-electron chi connectivity index (χ4n) is 2.97. The second kappa shape index (κ2) is 5.54. The average molecular weight is 242 g/mol. The Labute approximate surface area is 110 Å². The average Bonchev–Trinajstić information content (AvgIpc) is 2.42. The molecule has 1 aliphatic carbocycles. The van der Waals surface area contributed by atoms with Crippen LogP contribution in [0.4, 0.5) is 0 Å². The zero-order valence-corrected chi connectivity index (χ0v) is 11.3. The Hall–Kier alpha value is -1.33. The van der Waals surface area contributed by atoms with Crippen molar-refractivity contribution in [3.63, 3.8) is 0 Å². The van der Waals surface area contributed by atoms with Crippen molar-refractivity contribution >= 4 is 0 Å². The van der Waals surface area contributed by atoms with Gasteiger partial charge in [0.15, 0.2) is 0 Å². The minimum Gasteiger partial charge on any atom is -0.293 e. The first-order valence-corrected chi connectivity index (χ1v) is 6.92. The summed E-state index contributed by atoms with van der Waals surface area (Å²) in [7, 11) is 0. The molecular weight excluding hydrogens is 220 g/mol. The SMILES string of the molecule is C[C@H](N[C@]1(C#N)CCCC[C@@H]1C)c1ccccc1. The van der Waals surface area contributed by atoms with E-state index in [1.807, 2.05) is 6.07 Å². The Bertz CT molecular complexity index is 420. The smallest absolute Gasteiger partial charge is 0.109 e. The van der Waals surface area contributed by atoms with Crippen LogP contribution in [0.1, 0.15) is 51.1 Å². The van der Waals surface area contributed by atoms with Crippen LogP contribution in [0.3, 0.4) is 0 Å². The second-order valence-corrected chi connectivity index (χ2v) is 5.51. The van der Waals surface area contributed by atoms with Crippen molar-refractivity contribution in [2.45, 2.75) is 51.1 Å². The summed E-state index contributed by atoms with van der Waals surface area (Å²) in [4.78, 5) is 0. The summed E-state index contributed by atoms with van der Waals surface area (Å²) in [6, 6.07) is 13.2. The molecular formula is C16H22N2. The zero-order valence-electron chi connectivity index (χ0n) is 11.3. The summed E-state index contributed by atoms with van der Waals surface area (Å²) in [5.41, 5.74) is 0.915. The lowest BCUT2D eigenvalue weighted by molar-refractivity contribution is 0.196. The van der Waals surface area contributed by atoms with Gasteiger partial charge in [0.05, 0.1) is 6.07 Å². The van der Waals surface area contributed by atoms with Crippen molar-refractivity contribution in [3.05, 3.63) is 35.9 Å². The molecule has 0 spiro atoms. The lowest BCUT2D eigenvalue weighted by atomic mass is 9.74. The van der Waals surface area contributed by atoms with E-state index in [1.54, 1.807) is 0 Å². The number of nitriles is 1. The number of nitrogens with one attached hydrogen (secondary N) is 1. The van der Waals surface area contributed by atoms with Crippen LogP contribution in [0.5, 0.6) is 0 Å². The largest absolute Gasteiger partial charge is 0.293 e. The van der Waals surface area contributed by atoms with Gasteiger partial charge < -0.3 is 0 Å². The van der Waals surface area contributed by atoms with Gasteiger partial charge in [0, 0.05) is 6.04 Å². The first-order chi connectivity index (χ1) is 8.68. The zero-order chi connectivity index (χ0) is 13.0. The summed E-state index contributed by atoms with van der Waals surface area (Å²) in [6.07, 6.45) is 4.54. The minimum atomic E-state index is -0.340. The van der Waals surface area contributed by atoms with Gasteiger partial charge in [-0.05, 0) is 31.2 Å². The summed E-state index contributed by atoms with van der Waals surface area (Å²) in [5, 5.41) is 13.2. The fraction of sp³-hybridized carbons (Fsp3) is 0.562. The molecule has 0 aromatic heterocycles. The van der Waals surface area contributed by atoms with E-state index in [1.165, 1.54) is 12.0 Å². The third-order valence-corrected chi connectivity index (χ3v) is 4.27. The normalized spacial score (nSPS) is 29.5. The molecule has 0 saturated heterocycles. The Morgan fingerprint density at radius 3 is 2.67 bits per heavy atom. The van der Waals surface area contributed by atoms with Gasteiger partial charge in [0.2, 0.25) is 0 Å². The van der Waals surface area contributed by atoms with Crippen molar-refractivity contribution in [1.29, 1.82) is 5.26 Å². The van der Waals surface area contributed by atoms with Gasteiger partial charge in [-0.1, -0.05) is 50.1 Å². The molecule has 1 saturated carbocycles. The maximum atomic E-state index is 9.60. The number of rotatable bonds is 3. The lowest BCUT2D eigenvalue weighted by Crippen LogP contribution is -2.51. The summed E-state index contributed by atoms with van der Waals surface area (Å²) < 4.78 is 0. The molecule has 18 heavy (non-hydrogen) atoms. The van der Waals surface area contributed by atoms with Crippen LogP contribution in [0, 0.1) is 17.2 Å². The number of nitrogens with zero attached hydrogens (tertiary/aromatic N) is 1. The highest BCUT2D eigenvalue weighted by Gasteiger charge is 2.39. The first-order valence-electron chi connectivity index (χ1n) is 6.92. The molecule has 0 radical (unpaired) electrons. The van der Waals surface area contributed by atoms with Crippen molar-refractivity contribution in [2.24, 2.45) is 5.92 Å². The number of benzene rings is 1. The quantitative estimate of drug-likeness (QED) is 0.875. The van der Waals surface area contributed by atoms with Crippen LogP contribution in [0.25, 0.3) is 0 Å². The molecule has 3 atom stereocenters. The van der Waals surface area contributed by atoms with Crippen LogP contribution < -0.4 is 5.32 Å². The molecule has 1 aromatic rings. The molecule has 0 heterocycles. The van der Waals surface area contributed by atoms with Gasteiger partial charge in [-0.25, -0.2) is 0 Å². The van der Waals surface area contributed by atoms with Crippen LogP contribution in [-0.2, 0) is 0 Å². The van der Waals surface area contributed by atoms with Gasteiger partial charge in [0.25, 0.3) is 0 Å². The Kier molecular flexibility index (Phi) is 4.04. The third-order valence-electron chi connectivity index (χ3n) is 4.27. The summed E-state index contributed by atoms with van der Waals surface area (Å²) in [6.45, 7) is 4.35. The molecule has 2 nitrogen and oxygen atoms in total. The molecule has 0 bridgehead atoms. The standard InChI is InChI=1S/C16H22N2/c1-13-8-6-7-11-16(13,12-17)18-14(2)15-9-4-3-5-10-15/h3-5,9-10,13-14,18H,6-8,11H2,1-2H3/t13-,14-,16-/m0/s1. The van der Waals surface area contributed by atoms with Crippen molar-refractivity contribution < 1.29 is 0 Å². The molecule has 0 aliphatic heterocycles. The van der Waals surface area contributed by atoms with Gasteiger partial charge in [-0.15, -0.1) is 0 Å². The van der Waals surface area contributed by atoms with E-state index in [-0.39, 0.29) is 11.6 Å². The van der Waals surface area contributed by atoms with E-state index in [2.05, 4.69) is 49.5 Å². The fourth-order valence-corrected chi connectivity index (χ4v) is 2.97. The van der Waals surface area contributed by atoms with Crippen LogP contribution in [0.2, 0.25) is 0 Å². The van der Waals surface area contributed by atoms with Crippen LogP contribution >= 0.6 is 0 Å². The molecule has 0 amide bonds. The van der Waals surface area contributed by atoms with Crippen molar-refractivity contribution in [1.82, 2.24) is 5.32 Å². The van der Waals surface area contributed by atoms with E-state index in [0.29, 0.717) is 5.92 Å². The van der Waals surface area contributed by atoms with E-state index >= 15 is 0 Å². The monoisotopic (exact) mass is 242 g/mol. The molecule has 2 rings (SSSR count). The summed E-state index contributed by atoms with van der Waals surface area (Å²) in [5.74, 6) is 0.433. The highest BCUT2D eigenvalue weighted by molar-refractivity contribution is 5.21. The van der Waals surface area contributed by atoms with E-state index in [0.717, 1.165) is 19.3 Å². The predicted molar refractivity (Wildman–Crippen MR) is 74.0 cm³/mol. The number of hydrogen-bond acceptors (Lipinski definition) is 2. The predicted octanol–water partition coefficient (Wildman–Crippen LogP) is 3.81. The highest BCUT2D eigenvalue weighted by Crippen LogP contribution is 2.35. The van der Waals surface area contributed by atoms with Gasteiger partial charge >= 0.3 is 0 Å². The van der Waals surface area contributed by atoms with Crippen molar-refractivity contribution in [2.75, 3.05) is 0 Å². The Morgan fingerprint density at radius 1 is 1.33 bits per heavy atom.